The zero-order valence-electron chi connectivity index (χ0n) is 6.94. The van der Waals surface area contributed by atoms with Crippen LogP contribution in [0.25, 0.3) is 0 Å². The standard InChI is InChI=1S/C10H9IO2/c11-8-6-9(12)13-10(8)7-4-2-1-3-5-7/h1-5,8,10H,6H2/t8-,10-/m1/s1. The Morgan fingerprint density at radius 3 is 2.54 bits per heavy atom. The van der Waals surface area contributed by atoms with Crippen molar-refractivity contribution in [2.45, 2.75) is 16.4 Å². The zero-order valence-corrected chi connectivity index (χ0v) is 9.10. The third kappa shape index (κ3) is 1.85. The highest BCUT2D eigenvalue weighted by Crippen LogP contribution is 2.34. The normalized spacial score (nSPS) is 27.3. The molecule has 0 spiro atoms. The molecule has 2 rings (SSSR count). The first-order chi connectivity index (χ1) is 6.27. The molecule has 0 saturated carbocycles. The van der Waals surface area contributed by atoms with Crippen molar-refractivity contribution < 1.29 is 9.53 Å². The second-order valence-electron chi connectivity index (χ2n) is 3.04. The van der Waals surface area contributed by atoms with E-state index in [-0.39, 0.29) is 16.0 Å². The quantitative estimate of drug-likeness (QED) is 0.451. The molecule has 0 bridgehead atoms. The number of carbonyl (C=O) groups excluding carboxylic acids is 1. The summed E-state index contributed by atoms with van der Waals surface area (Å²) in [6.45, 7) is 0. The van der Waals surface area contributed by atoms with Crippen molar-refractivity contribution in [2.75, 3.05) is 0 Å². The van der Waals surface area contributed by atoms with E-state index >= 15 is 0 Å². The molecule has 1 saturated heterocycles. The molecule has 68 valence electrons. The van der Waals surface area contributed by atoms with Crippen LogP contribution in [0.4, 0.5) is 0 Å². The zero-order chi connectivity index (χ0) is 9.26. The van der Waals surface area contributed by atoms with Gasteiger partial charge in [0, 0.05) is 0 Å². The maximum atomic E-state index is 11.0. The van der Waals surface area contributed by atoms with E-state index in [0.29, 0.717) is 6.42 Å². The Balaban J connectivity index is 2.23. The molecule has 1 aromatic rings. The van der Waals surface area contributed by atoms with Crippen molar-refractivity contribution in [3.8, 4) is 0 Å². The third-order valence-electron chi connectivity index (χ3n) is 2.08. The summed E-state index contributed by atoms with van der Waals surface area (Å²) in [5, 5.41) is 0. The fraction of sp³-hybridized carbons (Fsp3) is 0.300. The molecule has 0 aromatic heterocycles. The van der Waals surface area contributed by atoms with Crippen LogP contribution in [0.15, 0.2) is 30.3 Å². The van der Waals surface area contributed by atoms with E-state index in [0.717, 1.165) is 5.56 Å². The molecule has 1 aliphatic rings. The lowest BCUT2D eigenvalue weighted by molar-refractivity contribution is -0.141. The number of carbonyl (C=O) groups is 1. The summed E-state index contributed by atoms with van der Waals surface area (Å²) in [5.41, 5.74) is 1.09. The summed E-state index contributed by atoms with van der Waals surface area (Å²) in [5.74, 6) is -0.0896. The average Bonchev–Trinajstić information content (AvgIpc) is 2.47. The lowest BCUT2D eigenvalue weighted by Gasteiger charge is -2.12. The van der Waals surface area contributed by atoms with E-state index in [9.17, 15) is 4.79 Å². The van der Waals surface area contributed by atoms with Crippen molar-refractivity contribution >= 4 is 28.6 Å². The van der Waals surface area contributed by atoms with Crippen molar-refractivity contribution in [3.63, 3.8) is 0 Å². The van der Waals surface area contributed by atoms with Crippen LogP contribution in [0.3, 0.4) is 0 Å². The molecule has 13 heavy (non-hydrogen) atoms. The van der Waals surface area contributed by atoms with E-state index < -0.39 is 0 Å². The number of alkyl halides is 1. The lowest BCUT2D eigenvalue weighted by atomic mass is 10.1. The van der Waals surface area contributed by atoms with E-state index in [2.05, 4.69) is 22.6 Å². The van der Waals surface area contributed by atoms with Crippen LogP contribution in [0, 0.1) is 0 Å². The molecule has 3 heteroatoms. The predicted octanol–water partition coefficient (Wildman–Crippen LogP) is 2.48. The molecular formula is C10H9IO2. The van der Waals surface area contributed by atoms with Crippen LogP contribution in [-0.4, -0.2) is 9.89 Å². The van der Waals surface area contributed by atoms with Crippen molar-refractivity contribution in [1.82, 2.24) is 0 Å². The van der Waals surface area contributed by atoms with Gasteiger partial charge in [0.25, 0.3) is 0 Å². The minimum atomic E-state index is -0.0896. The number of benzene rings is 1. The van der Waals surface area contributed by atoms with Gasteiger partial charge >= 0.3 is 5.97 Å². The highest BCUT2D eigenvalue weighted by atomic mass is 127. The fourth-order valence-corrected chi connectivity index (χ4v) is 2.37. The minimum Gasteiger partial charge on any atom is -0.456 e. The summed E-state index contributed by atoms with van der Waals surface area (Å²) in [4.78, 5) is 11.0. The number of halogens is 1. The maximum Gasteiger partial charge on any atom is 0.307 e. The highest BCUT2D eigenvalue weighted by Gasteiger charge is 2.33. The van der Waals surface area contributed by atoms with Crippen molar-refractivity contribution in [3.05, 3.63) is 35.9 Å². The first-order valence-electron chi connectivity index (χ1n) is 4.16. The van der Waals surface area contributed by atoms with Crippen LogP contribution in [0.2, 0.25) is 0 Å². The summed E-state index contributed by atoms with van der Waals surface area (Å²) in [6.07, 6.45) is 0.481. The molecular weight excluding hydrogens is 279 g/mol. The van der Waals surface area contributed by atoms with Gasteiger partial charge in [-0.1, -0.05) is 52.9 Å². The molecule has 2 atom stereocenters. The van der Waals surface area contributed by atoms with Gasteiger partial charge in [-0.2, -0.15) is 0 Å². The van der Waals surface area contributed by atoms with Gasteiger partial charge in [0.05, 0.1) is 10.3 Å². The molecule has 0 amide bonds. The number of hydrogen-bond acceptors (Lipinski definition) is 2. The Bertz CT molecular complexity index is 310. The van der Waals surface area contributed by atoms with Crippen LogP contribution < -0.4 is 0 Å². The van der Waals surface area contributed by atoms with E-state index in [1.807, 2.05) is 30.3 Å². The Hall–Kier alpha value is -0.580. The number of esters is 1. The molecule has 1 fully saturated rings. The first kappa shape index (κ1) is 8.99. The number of cyclic esters (lactones) is 1. The van der Waals surface area contributed by atoms with Crippen LogP contribution in [0.1, 0.15) is 18.1 Å². The fourth-order valence-electron chi connectivity index (χ4n) is 1.45. The first-order valence-corrected chi connectivity index (χ1v) is 5.40. The number of rotatable bonds is 1. The molecule has 0 radical (unpaired) electrons. The molecule has 1 aromatic carbocycles. The second kappa shape index (κ2) is 3.65. The van der Waals surface area contributed by atoms with Gasteiger partial charge in [0.2, 0.25) is 0 Å². The molecule has 2 nitrogen and oxygen atoms in total. The average molecular weight is 288 g/mol. The monoisotopic (exact) mass is 288 g/mol. The Labute approximate surface area is 90.4 Å². The topological polar surface area (TPSA) is 26.3 Å². The maximum absolute atomic E-state index is 11.0. The van der Waals surface area contributed by atoms with Gasteiger partial charge < -0.3 is 4.74 Å². The molecule has 0 unspecified atom stereocenters. The van der Waals surface area contributed by atoms with Gasteiger partial charge in [-0.25, -0.2) is 0 Å². The van der Waals surface area contributed by atoms with Crippen LogP contribution in [-0.2, 0) is 9.53 Å². The summed E-state index contributed by atoms with van der Waals surface area (Å²) >= 11 is 2.27. The highest BCUT2D eigenvalue weighted by molar-refractivity contribution is 14.1. The summed E-state index contributed by atoms with van der Waals surface area (Å²) in [6, 6.07) is 9.88. The molecule has 0 aliphatic carbocycles. The van der Waals surface area contributed by atoms with E-state index in [1.165, 1.54) is 0 Å². The molecule has 1 heterocycles. The number of ether oxygens (including phenoxy) is 1. The largest absolute Gasteiger partial charge is 0.456 e. The molecule has 1 aliphatic heterocycles. The van der Waals surface area contributed by atoms with Crippen LogP contribution in [0.5, 0.6) is 0 Å². The predicted molar refractivity (Wildman–Crippen MR) is 57.7 cm³/mol. The molecule has 0 N–H and O–H groups in total. The van der Waals surface area contributed by atoms with Crippen molar-refractivity contribution in [1.29, 1.82) is 0 Å². The van der Waals surface area contributed by atoms with Gasteiger partial charge in [0.1, 0.15) is 6.10 Å². The second-order valence-corrected chi connectivity index (χ2v) is 4.64. The van der Waals surface area contributed by atoms with Crippen molar-refractivity contribution in [2.24, 2.45) is 0 Å². The smallest absolute Gasteiger partial charge is 0.307 e. The minimum absolute atomic E-state index is 0.0469. The van der Waals surface area contributed by atoms with Crippen LogP contribution >= 0.6 is 22.6 Å². The Morgan fingerprint density at radius 1 is 1.31 bits per heavy atom. The third-order valence-corrected chi connectivity index (χ3v) is 3.17. The summed E-state index contributed by atoms with van der Waals surface area (Å²) < 4.78 is 5.48. The lowest BCUT2D eigenvalue weighted by Crippen LogP contribution is -2.05. The van der Waals surface area contributed by atoms with Gasteiger partial charge in [-0.3, -0.25) is 4.79 Å². The van der Waals surface area contributed by atoms with Gasteiger partial charge in [-0.15, -0.1) is 0 Å². The Morgan fingerprint density at radius 2 is 2.00 bits per heavy atom. The SMILES string of the molecule is O=C1C[C@@H](I)[C@@H](c2ccccc2)O1. The van der Waals surface area contributed by atoms with Gasteiger partial charge in [0.15, 0.2) is 0 Å². The van der Waals surface area contributed by atoms with Gasteiger partial charge in [-0.05, 0) is 5.56 Å². The Kier molecular flexibility index (Phi) is 2.53. The summed E-state index contributed by atoms with van der Waals surface area (Å²) in [7, 11) is 0. The van der Waals surface area contributed by atoms with E-state index in [4.69, 9.17) is 4.74 Å². The number of hydrogen-bond donors (Lipinski definition) is 0. The van der Waals surface area contributed by atoms with E-state index in [1.54, 1.807) is 0 Å².